The van der Waals surface area contributed by atoms with Crippen molar-refractivity contribution in [3.8, 4) is 0 Å². The Balaban J connectivity index is 2.09. The summed E-state index contributed by atoms with van der Waals surface area (Å²) in [6.07, 6.45) is 0.0897. The topological polar surface area (TPSA) is 98.2 Å². The highest BCUT2D eigenvalue weighted by Gasteiger charge is 2.45. The van der Waals surface area contributed by atoms with Gasteiger partial charge in [0.2, 0.25) is 0 Å². The monoisotopic (exact) mass is 422 g/mol. The van der Waals surface area contributed by atoms with Gasteiger partial charge in [-0.2, -0.15) is 0 Å². The smallest absolute Gasteiger partial charge is 0.303 e. The number of carbonyl (C=O) groups is 3. The van der Waals surface area contributed by atoms with Crippen LogP contribution in [0, 0.1) is 6.92 Å². The summed E-state index contributed by atoms with van der Waals surface area (Å²) in [4.78, 5) is 40.0. The molecule has 1 fully saturated rings. The predicted octanol–water partition coefficient (Wildman–Crippen LogP) is 3.35. The minimum Gasteiger partial charge on any atom is -0.507 e. The highest BCUT2D eigenvalue weighted by atomic mass is 16.4. The second-order valence-corrected chi connectivity index (χ2v) is 7.84. The number of anilines is 1. The van der Waals surface area contributed by atoms with E-state index in [4.69, 9.17) is 5.11 Å². The molecule has 3 rings (SSSR count). The molecule has 0 spiro atoms. The first-order valence-corrected chi connectivity index (χ1v) is 10.0. The average Bonchev–Trinajstić information content (AvgIpc) is 2.98. The average molecular weight is 422 g/mol. The van der Waals surface area contributed by atoms with Gasteiger partial charge in [0.15, 0.2) is 0 Å². The van der Waals surface area contributed by atoms with Gasteiger partial charge in [-0.15, -0.1) is 0 Å². The summed E-state index contributed by atoms with van der Waals surface area (Å²) in [5.74, 6) is -2.71. The van der Waals surface area contributed by atoms with Crippen molar-refractivity contribution >= 4 is 29.1 Å². The van der Waals surface area contributed by atoms with Gasteiger partial charge in [-0.1, -0.05) is 42.0 Å². The third kappa shape index (κ3) is 4.60. The third-order valence-corrected chi connectivity index (χ3v) is 5.38. The maximum atomic E-state index is 12.9. The van der Waals surface area contributed by atoms with E-state index in [1.807, 2.05) is 62.3 Å². The summed E-state index contributed by atoms with van der Waals surface area (Å²) in [6, 6.07) is 13.6. The van der Waals surface area contributed by atoms with Crippen LogP contribution in [-0.4, -0.2) is 53.4 Å². The van der Waals surface area contributed by atoms with Crippen molar-refractivity contribution in [1.82, 2.24) is 4.90 Å². The molecular formula is C24H26N2O5. The predicted molar refractivity (Wildman–Crippen MR) is 118 cm³/mol. The van der Waals surface area contributed by atoms with Crippen LogP contribution in [0.5, 0.6) is 0 Å². The number of carboxylic acids is 1. The van der Waals surface area contributed by atoms with Crippen molar-refractivity contribution in [3.63, 3.8) is 0 Å². The number of amides is 1. The van der Waals surface area contributed by atoms with E-state index < -0.39 is 23.7 Å². The maximum absolute atomic E-state index is 12.9. The Kier molecular flexibility index (Phi) is 6.44. The zero-order valence-corrected chi connectivity index (χ0v) is 17.8. The first-order chi connectivity index (χ1) is 14.7. The third-order valence-electron chi connectivity index (χ3n) is 5.38. The zero-order valence-electron chi connectivity index (χ0n) is 17.8. The molecule has 2 aromatic carbocycles. The molecule has 1 unspecified atom stereocenters. The lowest BCUT2D eigenvalue weighted by Gasteiger charge is -2.25. The minimum absolute atomic E-state index is 0.0155. The van der Waals surface area contributed by atoms with E-state index in [0.717, 1.165) is 11.3 Å². The van der Waals surface area contributed by atoms with E-state index in [9.17, 15) is 19.5 Å². The Morgan fingerprint density at radius 2 is 1.61 bits per heavy atom. The molecule has 2 aromatic rings. The number of aryl methyl sites for hydroxylation is 1. The standard InChI is InChI=1S/C24H26N2O5/c1-15-6-8-17(9-7-15)22(29)20-21(16-10-12-18(13-11-16)25(2)3)26(24(31)23(20)30)14-4-5-19(27)28/h6-13,21,29H,4-5,14H2,1-3H3,(H,27,28)/b22-20-. The molecule has 1 atom stereocenters. The van der Waals surface area contributed by atoms with Gasteiger partial charge in [0.1, 0.15) is 5.76 Å². The van der Waals surface area contributed by atoms with Crippen LogP contribution >= 0.6 is 0 Å². The number of aliphatic hydroxyl groups is 1. The van der Waals surface area contributed by atoms with E-state index in [-0.39, 0.29) is 30.7 Å². The van der Waals surface area contributed by atoms with Crippen molar-refractivity contribution in [2.45, 2.75) is 25.8 Å². The fraction of sp³-hybridized carbons (Fsp3) is 0.292. The van der Waals surface area contributed by atoms with Gasteiger partial charge >= 0.3 is 5.97 Å². The molecule has 31 heavy (non-hydrogen) atoms. The number of hydrogen-bond acceptors (Lipinski definition) is 5. The number of aliphatic carboxylic acids is 1. The lowest BCUT2D eigenvalue weighted by molar-refractivity contribution is -0.140. The molecule has 0 saturated carbocycles. The van der Waals surface area contributed by atoms with Gasteiger partial charge in [-0.3, -0.25) is 14.4 Å². The van der Waals surface area contributed by atoms with Crippen LogP contribution in [-0.2, 0) is 14.4 Å². The molecule has 1 saturated heterocycles. The molecule has 1 aliphatic heterocycles. The lowest BCUT2D eigenvalue weighted by atomic mass is 9.94. The van der Waals surface area contributed by atoms with Crippen LogP contribution in [0.3, 0.4) is 0 Å². The van der Waals surface area contributed by atoms with E-state index in [0.29, 0.717) is 11.1 Å². The van der Waals surface area contributed by atoms with Gasteiger partial charge in [0, 0.05) is 38.3 Å². The number of aliphatic hydroxyl groups excluding tert-OH is 1. The Morgan fingerprint density at radius 1 is 1.00 bits per heavy atom. The number of ketones is 1. The maximum Gasteiger partial charge on any atom is 0.303 e. The lowest BCUT2D eigenvalue weighted by Crippen LogP contribution is -2.31. The van der Waals surface area contributed by atoms with E-state index in [1.54, 1.807) is 12.1 Å². The van der Waals surface area contributed by atoms with E-state index in [1.165, 1.54) is 4.90 Å². The molecule has 1 heterocycles. The summed E-state index contributed by atoms with van der Waals surface area (Å²) in [7, 11) is 3.81. The zero-order chi connectivity index (χ0) is 22.7. The van der Waals surface area contributed by atoms with Crippen molar-refractivity contribution in [1.29, 1.82) is 0 Å². The van der Waals surface area contributed by atoms with Crippen molar-refractivity contribution in [2.75, 3.05) is 25.5 Å². The molecule has 0 radical (unpaired) electrons. The van der Waals surface area contributed by atoms with E-state index >= 15 is 0 Å². The fourth-order valence-corrected chi connectivity index (χ4v) is 3.68. The summed E-state index contributed by atoms with van der Waals surface area (Å²) in [5.41, 5.74) is 3.09. The van der Waals surface area contributed by atoms with Crippen molar-refractivity contribution in [3.05, 3.63) is 70.8 Å². The summed E-state index contributed by atoms with van der Waals surface area (Å²) in [5, 5.41) is 19.9. The molecule has 7 nitrogen and oxygen atoms in total. The van der Waals surface area contributed by atoms with Crippen LogP contribution in [0.2, 0.25) is 0 Å². The molecule has 0 aromatic heterocycles. The van der Waals surface area contributed by atoms with Gasteiger partial charge in [0.05, 0.1) is 11.6 Å². The SMILES string of the molecule is Cc1ccc(/C(O)=C2/C(=O)C(=O)N(CCCC(=O)O)C2c2ccc(N(C)C)cc2)cc1. The molecule has 1 aliphatic rings. The molecule has 7 heteroatoms. The van der Waals surface area contributed by atoms with Gasteiger partial charge in [-0.25, -0.2) is 0 Å². The Labute approximate surface area is 181 Å². The number of likely N-dealkylation sites (tertiary alicyclic amines) is 1. The second-order valence-electron chi connectivity index (χ2n) is 7.84. The molecule has 1 amide bonds. The number of rotatable bonds is 7. The molecule has 162 valence electrons. The summed E-state index contributed by atoms with van der Waals surface area (Å²) in [6.45, 7) is 2.01. The van der Waals surface area contributed by atoms with Crippen LogP contribution in [0.15, 0.2) is 54.1 Å². The number of hydrogen-bond donors (Lipinski definition) is 2. The first-order valence-electron chi connectivity index (χ1n) is 10.0. The van der Waals surface area contributed by atoms with Crippen molar-refractivity contribution < 1.29 is 24.6 Å². The Bertz CT molecular complexity index is 1020. The molecule has 2 N–H and O–H groups in total. The van der Waals surface area contributed by atoms with Gasteiger partial charge < -0.3 is 20.0 Å². The highest BCUT2D eigenvalue weighted by molar-refractivity contribution is 6.46. The van der Waals surface area contributed by atoms with Crippen LogP contribution in [0.4, 0.5) is 5.69 Å². The number of nitrogens with zero attached hydrogens (tertiary/aromatic N) is 2. The molecule has 0 bridgehead atoms. The number of carbonyl (C=O) groups excluding carboxylic acids is 2. The summed E-state index contributed by atoms with van der Waals surface area (Å²) < 4.78 is 0. The largest absolute Gasteiger partial charge is 0.507 e. The van der Waals surface area contributed by atoms with Gasteiger partial charge in [0.25, 0.3) is 11.7 Å². The van der Waals surface area contributed by atoms with Gasteiger partial charge in [-0.05, 0) is 31.0 Å². The molecule has 0 aliphatic carbocycles. The normalized spacial score (nSPS) is 17.8. The first kappa shape index (κ1) is 22.1. The Morgan fingerprint density at radius 3 is 2.16 bits per heavy atom. The number of benzene rings is 2. The minimum atomic E-state index is -0.969. The van der Waals surface area contributed by atoms with Crippen LogP contribution in [0.25, 0.3) is 5.76 Å². The van der Waals surface area contributed by atoms with Crippen LogP contribution in [0.1, 0.15) is 35.6 Å². The number of Topliss-reactive ketones (excluding diaryl/α,β-unsaturated/α-hetero) is 1. The molecular weight excluding hydrogens is 396 g/mol. The quantitative estimate of drug-likeness (QED) is 0.403. The van der Waals surface area contributed by atoms with Crippen LogP contribution < -0.4 is 4.90 Å². The van der Waals surface area contributed by atoms with Crippen molar-refractivity contribution in [2.24, 2.45) is 0 Å². The summed E-state index contributed by atoms with van der Waals surface area (Å²) >= 11 is 0. The second kappa shape index (κ2) is 9.04. The number of carboxylic acid groups (broad SMARTS) is 1. The Hall–Kier alpha value is -3.61. The fourth-order valence-electron chi connectivity index (χ4n) is 3.68. The van der Waals surface area contributed by atoms with E-state index in [2.05, 4.69) is 0 Å². The highest BCUT2D eigenvalue weighted by Crippen LogP contribution is 2.40.